The molecular formula is C11H22N2O. The van der Waals surface area contributed by atoms with Crippen LogP contribution in [-0.4, -0.2) is 60.3 Å². The molecule has 0 radical (unpaired) electrons. The van der Waals surface area contributed by atoms with Gasteiger partial charge in [-0.25, -0.2) is 0 Å². The van der Waals surface area contributed by atoms with Crippen LogP contribution in [0.1, 0.15) is 25.7 Å². The van der Waals surface area contributed by atoms with Crippen molar-refractivity contribution in [3.05, 3.63) is 0 Å². The van der Waals surface area contributed by atoms with Crippen molar-refractivity contribution in [1.29, 1.82) is 0 Å². The summed E-state index contributed by atoms with van der Waals surface area (Å²) in [5.74, 6) is 0. The van der Waals surface area contributed by atoms with Gasteiger partial charge in [-0.15, -0.1) is 0 Å². The van der Waals surface area contributed by atoms with Crippen LogP contribution < -0.4 is 0 Å². The van der Waals surface area contributed by atoms with E-state index in [4.69, 9.17) is 5.11 Å². The molecule has 0 aromatic heterocycles. The predicted molar refractivity (Wildman–Crippen MR) is 57.3 cm³/mol. The maximum absolute atomic E-state index is 9.07. The zero-order chi connectivity index (χ0) is 9.97. The average Bonchev–Trinajstić information content (AvgIpc) is 2.93. The largest absolute Gasteiger partial charge is 0.396 e. The van der Waals surface area contributed by atoms with Gasteiger partial charge >= 0.3 is 0 Å². The summed E-state index contributed by atoms with van der Waals surface area (Å²) in [7, 11) is 2.20. The Bertz CT molecular complexity index is 182. The van der Waals surface area contributed by atoms with Crippen molar-refractivity contribution in [2.45, 2.75) is 37.8 Å². The van der Waals surface area contributed by atoms with E-state index in [1.54, 1.807) is 0 Å². The van der Waals surface area contributed by atoms with Gasteiger partial charge in [0.15, 0.2) is 0 Å². The molecule has 1 saturated carbocycles. The first-order valence-corrected chi connectivity index (χ1v) is 5.86. The van der Waals surface area contributed by atoms with Gasteiger partial charge in [0.05, 0.1) is 0 Å². The Hall–Kier alpha value is -0.120. The van der Waals surface area contributed by atoms with Crippen LogP contribution in [-0.2, 0) is 0 Å². The number of nitrogens with zero attached hydrogens (tertiary/aromatic N) is 2. The Morgan fingerprint density at radius 1 is 1.29 bits per heavy atom. The van der Waals surface area contributed by atoms with Gasteiger partial charge in [-0.1, -0.05) is 0 Å². The molecule has 3 nitrogen and oxygen atoms in total. The fourth-order valence-electron chi connectivity index (χ4n) is 2.55. The molecule has 3 heteroatoms. The van der Waals surface area contributed by atoms with Gasteiger partial charge in [0.25, 0.3) is 0 Å². The molecule has 0 aromatic rings. The van der Waals surface area contributed by atoms with E-state index in [1.807, 2.05) is 0 Å². The minimum Gasteiger partial charge on any atom is -0.396 e. The molecule has 14 heavy (non-hydrogen) atoms. The number of likely N-dealkylation sites (N-methyl/N-ethyl adjacent to an activating group) is 1. The van der Waals surface area contributed by atoms with E-state index >= 15 is 0 Å². The fourth-order valence-corrected chi connectivity index (χ4v) is 2.55. The highest BCUT2D eigenvalue weighted by Crippen LogP contribution is 2.30. The second-order valence-corrected chi connectivity index (χ2v) is 4.75. The van der Waals surface area contributed by atoms with Crippen molar-refractivity contribution in [3.63, 3.8) is 0 Å². The van der Waals surface area contributed by atoms with Crippen LogP contribution in [0, 0.1) is 0 Å². The molecule has 0 amide bonds. The SMILES string of the molecule is CN1CCCN(C2CC2)C(CCO)C1. The topological polar surface area (TPSA) is 26.7 Å². The molecule has 1 aliphatic heterocycles. The van der Waals surface area contributed by atoms with Crippen LogP contribution in [0.5, 0.6) is 0 Å². The minimum atomic E-state index is 0.335. The molecule has 2 aliphatic rings. The third-order valence-corrected chi connectivity index (χ3v) is 3.43. The van der Waals surface area contributed by atoms with E-state index in [1.165, 1.54) is 32.4 Å². The molecule has 1 aliphatic carbocycles. The van der Waals surface area contributed by atoms with Gasteiger partial charge in [0.1, 0.15) is 0 Å². The van der Waals surface area contributed by atoms with Crippen molar-refractivity contribution in [2.24, 2.45) is 0 Å². The first-order valence-electron chi connectivity index (χ1n) is 5.86. The molecule has 1 N–H and O–H groups in total. The monoisotopic (exact) mass is 198 g/mol. The first-order chi connectivity index (χ1) is 6.81. The smallest absolute Gasteiger partial charge is 0.0446 e. The number of hydrogen-bond acceptors (Lipinski definition) is 3. The highest BCUT2D eigenvalue weighted by molar-refractivity contribution is 4.91. The van der Waals surface area contributed by atoms with Crippen molar-refractivity contribution >= 4 is 0 Å². The Balaban J connectivity index is 1.95. The Morgan fingerprint density at radius 3 is 2.71 bits per heavy atom. The van der Waals surface area contributed by atoms with Gasteiger partial charge in [0, 0.05) is 25.2 Å². The summed E-state index contributed by atoms with van der Waals surface area (Å²) in [6.45, 7) is 3.92. The molecule has 2 fully saturated rings. The molecule has 0 spiro atoms. The van der Waals surface area contributed by atoms with E-state index in [0.717, 1.165) is 19.0 Å². The van der Waals surface area contributed by atoms with E-state index in [-0.39, 0.29) is 0 Å². The third-order valence-electron chi connectivity index (χ3n) is 3.43. The van der Waals surface area contributed by atoms with Gasteiger partial charge in [-0.3, -0.25) is 4.90 Å². The van der Waals surface area contributed by atoms with Gasteiger partial charge in [-0.2, -0.15) is 0 Å². The lowest BCUT2D eigenvalue weighted by molar-refractivity contribution is 0.143. The standard InChI is InChI=1S/C11H22N2O/c1-12-6-2-7-13(10-3-4-10)11(9-12)5-8-14/h10-11,14H,2-9H2,1H3. The maximum atomic E-state index is 9.07. The molecule has 2 rings (SSSR count). The molecule has 1 heterocycles. The summed E-state index contributed by atoms with van der Waals surface area (Å²) >= 11 is 0. The Kier molecular flexibility index (Phi) is 3.42. The third kappa shape index (κ3) is 2.47. The van der Waals surface area contributed by atoms with Gasteiger partial charge < -0.3 is 10.0 Å². The number of aliphatic hydroxyl groups excluding tert-OH is 1. The maximum Gasteiger partial charge on any atom is 0.0446 e. The summed E-state index contributed by atoms with van der Waals surface area (Å²) in [6.07, 6.45) is 4.99. The van der Waals surface area contributed by atoms with Crippen LogP contribution >= 0.6 is 0 Å². The van der Waals surface area contributed by atoms with Crippen LogP contribution in [0.4, 0.5) is 0 Å². The first kappa shape index (κ1) is 10.4. The van der Waals surface area contributed by atoms with Crippen LogP contribution in [0.3, 0.4) is 0 Å². The Morgan fingerprint density at radius 2 is 2.07 bits per heavy atom. The zero-order valence-corrected chi connectivity index (χ0v) is 9.15. The van der Waals surface area contributed by atoms with E-state index in [9.17, 15) is 0 Å². The van der Waals surface area contributed by atoms with Gasteiger partial charge in [0.2, 0.25) is 0 Å². The molecule has 1 saturated heterocycles. The molecule has 0 bridgehead atoms. The molecule has 0 aromatic carbocycles. The summed E-state index contributed by atoms with van der Waals surface area (Å²) in [4.78, 5) is 5.04. The zero-order valence-electron chi connectivity index (χ0n) is 9.15. The van der Waals surface area contributed by atoms with Crippen molar-refractivity contribution < 1.29 is 5.11 Å². The van der Waals surface area contributed by atoms with Crippen LogP contribution in [0.2, 0.25) is 0 Å². The predicted octanol–water partition coefficient (Wildman–Crippen LogP) is 0.537. The quantitative estimate of drug-likeness (QED) is 0.717. The minimum absolute atomic E-state index is 0.335. The molecular weight excluding hydrogens is 176 g/mol. The number of hydrogen-bond donors (Lipinski definition) is 1. The van der Waals surface area contributed by atoms with E-state index in [2.05, 4.69) is 16.8 Å². The fraction of sp³-hybridized carbons (Fsp3) is 1.00. The van der Waals surface area contributed by atoms with E-state index in [0.29, 0.717) is 12.6 Å². The van der Waals surface area contributed by atoms with Crippen molar-refractivity contribution in [2.75, 3.05) is 33.3 Å². The van der Waals surface area contributed by atoms with Crippen LogP contribution in [0.15, 0.2) is 0 Å². The second kappa shape index (κ2) is 4.60. The van der Waals surface area contributed by atoms with Gasteiger partial charge in [-0.05, 0) is 45.8 Å². The summed E-state index contributed by atoms with van der Waals surface area (Å²) in [6, 6.07) is 1.44. The second-order valence-electron chi connectivity index (χ2n) is 4.75. The van der Waals surface area contributed by atoms with Crippen molar-refractivity contribution in [1.82, 2.24) is 9.80 Å². The Labute approximate surface area is 86.7 Å². The average molecular weight is 198 g/mol. The summed E-state index contributed by atoms with van der Waals surface area (Å²) in [5.41, 5.74) is 0. The normalized spacial score (nSPS) is 31.7. The number of aliphatic hydroxyl groups is 1. The summed E-state index contributed by atoms with van der Waals surface area (Å²) in [5, 5.41) is 9.07. The van der Waals surface area contributed by atoms with E-state index < -0.39 is 0 Å². The lowest BCUT2D eigenvalue weighted by atomic mass is 10.1. The van der Waals surface area contributed by atoms with Crippen molar-refractivity contribution in [3.8, 4) is 0 Å². The molecule has 1 atom stereocenters. The molecule has 82 valence electrons. The lowest BCUT2D eigenvalue weighted by Gasteiger charge is -2.30. The summed E-state index contributed by atoms with van der Waals surface area (Å²) < 4.78 is 0. The highest BCUT2D eigenvalue weighted by Gasteiger charge is 2.34. The lowest BCUT2D eigenvalue weighted by Crippen LogP contribution is -2.42. The van der Waals surface area contributed by atoms with Crippen LogP contribution in [0.25, 0.3) is 0 Å². The highest BCUT2D eigenvalue weighted by atomic mass is 16.3. The molecule has 1 unspecified atom stereocenters. The number of rotatable bonds is 3.